The quantitative estimate of drug-likeness (QED) is 0.642. The first-order valence-electron chi connectivity index (χ1n) is 9.17. The number of H-pyrrole nitrogens is 1. The molecule has 0 unspecified atom stereocenters. The molecule has 0 saturated heterocycles. The summed E-state index contributed by atoms with van der Waals surface area (Å²) in [6.07, 6.45) is -4.07. The van der Waals surface area contributed by atoms with Gasteiger partial charge in [-0.3, -0.25) is 9.69 Å². The molecule has 0 radical (unpaired) electrons. The molecular weight excluding hydrogens is 405 g/mol. The van der Waals surface area contributed by atoms with Gasteiger partial charge in [-0.05, 0) is 24.3 Å². The lowest BCUT2D eigenvalue weighted by atomic mass is 10.0. The highest BCUT2D eigenvalue weighted by molar-refractivity contribution is 5.56. The predicted octanol–water partition coefficient (Wildman–Crippen LogP) is 4.29. The van der Waals surface area contributed by atoms with Gasteiger partial charge in [0.15, 0.2) is 0 Å². The molecule has 0 amide bonds. The number of hydrogen-bond acceptors (Lipinski definition) is 3. The van der Waals surface area contributed by atoms with Crippen LogP contribution < -0.4 is 5.56 Å². The second kappa shape index (κ2) is 7.64. The van der Waals surface area contributed by atoms with Gasteiger partial charge in [-0.1, -0.05) is 18.2 Å². The highest BCUT2D eigenvalue weighted by Gasteiger charge is 2.30. The third-order valence-electron chi connectivity index (χ3n) is 5.08. The summed E-state index contributed by atoms with van der Waals surface area (Å²) < 4.78 is 66.0. The van der Waals surface area contributed by atoms with E-state index < -0.39 is 28.9 Å². The second-order valence-electron chi connectivity index (χ2n) is 7.08. The summed E-state index contributed by atoms with van der Waals surface area (Å²) in [7, 11) is 0. The Morgan fingerprint density at radius 1 is 1.03 bits per heavy atom. The molecule has 0 bridgehead atoms. The lowest BCUT2D eigenvalue weighted by Gasteiger charge is -2.28. The van der Waals surface area contributed by atoms with Crippen molar-refractivity contribution in [1.82, 2.24) is 14.9 Å². The maximum atomic E-state index is 13.9. The molecule has 1 aliphatic rings. The lowest BCUT2D eigenvalue weighted by Crippen LogP contribution is -2.35. The number of benzene rings is 2. The van der Waals surface area contributed by atoms with Crippen LogP contribution in [0.25, 0.3) is 11.4 Å². The van der Waals surface area contributed by atoms with Gasteiger partial charge in [0.1, 0.15) is 17.5 Å². The van der Waals surface area contributed by atoms with Crippen LogP contribution in [-0.4, -0.2) is 21.4 Å². The average molecular weight is 421 g/mol. The third-order valence-corrected chi connectivity index (χ3v) is 5.08. The first-order valence-corrected chi connectivity index (χ1v) is 9.17. The number of halogens is 5. The summed E-state index contributed by atoms with van der Waals surface area (Å²) >= 11 is 0. The number of nitrogens with one attached hydrogen (secondary N) is 1. The molecule has 30 heavy (non-hydrogen) atoms. The van der Waals surface area contributed by atoms with E-state index in [1.807, 2.05) is 0 Å². The number of rotatable bonds is 3. The monoisotopic (exact) mass is 421 g/mol. The maximum absolute atomic E-state index is 13.9. The smallest absolute Gasteiger partial charge is 0.306 e. The molecule has 9 heteroatoms. The van der Waals surface area contributed by atoms with Crippen LogP contribution in [0.4, 0.5) is 22.0 Å². The van der Waals surface area contributed by atoms with Crippen LogP contribution >= 0.6 is 0 Å². The number of aromatic amines is 1. The van der Waals surface area contributed by atoms with E-state index in [0.717, 1.165) is 12.1 Å². The summed E-state index contributed by atoms with van der Waals surface area (Å²) in [6.45, 7) is 0.612. The van der Waals surface area contributed by atoms with E-state index in [2.05, 4.69) is 9.97 Å². The molecule has 4 rings (SSSR count). The Morgan fingerprint density at radius 3 is 2.33 bits per heavy atom. The number of hydrogen-bond donors (Lipinski definition) is 1. The van der Waals surface area contributed by atoms with Crippen LogP contribution in [0.5, 0.6) is 0 Å². The van der Waals surface area contributed by atoms with Crippen molar-refractivity contribution >= 4 is 0 Å². The zero-order valence-electron chi connectivity index (χ0n) is 15.6. The number of nitrogens with zero attached hydrogens (tertiary/aromatic N) is 2. The van der Waals surface area contributed by atoms with Gasteiger partial charge >= 0.3 is 6.18 Å². The van der Waals surface area contributed by atoms with Crippen molar-refractivity contribution in [2.75, 3.05) is 6.54 Å². The Morgan fingerprint density at radius 2 is 1.70 bits per heavy atom. The van der Waals surface area contributed by atoms with E-state index in [-0.39, 0.29) is 24.5 Å². The zero-order valence-corrected chi connectivity index (χ0v) is 15.6. The first kappa shape index (κ1) is 20.2. The zero-order chi connectivity index (χ0) is 21.5. The SMILES string of the molecule is O=c1[nH]c(-c2ccc(C(F)(F)F)cc2)nc2c1CN(Cc1c(F)cccc1F)CC2. The van der Waals surface area contributed by atoms with Gasteiger partial charge in [0.2, 0.25) is 0 Å². The van der Waals surface area contributed by atoms with Crippen molar-refractivity contribution in [3.05, 3.63) is 86.8 Å². The minimum absolute atomic E-state index is 0.0119. The number of alkyl halides is 3. The second-order valence-corrected chi connectivity index (χ2v) is 7.08. The predicted molar refractivity (Wildman–Crippen MR) is 99.5 cm³/mol. The van der Waals surface area contributed by atoms with E-state index in [1.165, 1.54) is 30.3 Å². The van der Waals surface area contributed by atoms with Gasteiger partial charge in [-0.25, -0.2) is 13.8 Å². The highest BCUT2D eigenvalue weighted by Crippen LogP contribution is 2.30. The summed E-state index contributed by atoms with van der Waals surface area (Å²) in [5.41, 5.74) is -0.00536. The molecule has 0 fully saturated rings. The summed E-state index contributed by atoms with van der Waals surface area (Å²) in [5.74, 6) is -1.11. The minimum atomic E-state index is -4.45. The van der Waals surface area contributed by atoms with E-state index in [1.54, 1.807) is 4.90 Å². The van der Waals surface area contributed by atoms with Gasteiger partial charge in [-0.2, -0.15) is 13.2 Å². The van der Waals surface area contributed by atoms with Gasteiger partial charge in [0.25, 0.3) is 5.56 Å². The fourth-order valence-corrected chi connectivity index (χ4v) is 3.48. The summed E-state index contributed by atoms with van der Waals surface area (Å²) in [5, 5.41) is 0. The number of fused-ring (bicyclic) bond motifs is 1. The Kier molecular flexibility index (Phi) is 5.15. The van der Waals surface area contributed by atoms with Crippen LogP contribution in [-0.2, 0) is 25.7 Å². The van der Waals surface area contributed by atoms with Gasteiger partial charge in [0, 0.05) is 37.2 Å². The van der Waals surface area contributed by atoms with Crippen molar-refractivity contribution in [2.24, 2.45) is 0 Å². The number of aromatic nitrogens is 2. The maximum Gasteiger partial charge on any atom is 0.416 e. The Labute approximate surface area is 168 Å². The molecule has 156 valence electrons. The van der Waals surface area contributed by atoms with Crippen molar-refractivity contribution in [3.63, 3.8) is 0 Å². The molecule has 1 N–H and O–H groups in total. The van der Waals surface area contributed by atoms with Gasteiger partial charge in [-0.15, -0.1) is 0 Å². The Hall–Kier alpha value is -3.07. The molecule has 1 aliphatic heterocycles. The first-order chi connectivity index (χ1) is 14.2. The standard InChI is InChI=1S/C21H16F5N3O/c22-16-2-1-3-17(23)14(16)10-29-9-8-18-15(11-29)20(30)28-19(27-18)12-4-6-13(7-5-12)21(24,25)26/h1-7H,8-11H2,(H,27,28,30). The molecular formula is C21H16F5N3O. The third kappa shape index (κ3) is 3.97. The molecule has 0 saturated carbocycles. The average Bonchev–Trinajstić information content (AvgIpc) is 2.70. The molecule has 4 nitrogen and oxygen atoms in total. The van der Waals surface area contributed by atoms with Crippen LogP contribution in [0.2, 0.25) is 0 Å². The van der Waals surface area contributed by atoms with E-state index in [4.69, 9.17) is 0 Å². The van der Waals surface area contributed by atoms with Crippen molar-refractivity contribution in [2.45, 2.75) is 25.7 Å². The van der Waals surface area contributed by atoms with Crippen molar-refractivity contribution < 1.29 is 22.0 Å². The summed E-state index contributed by atoms with van der Waals surface area (Å²) in [4.78, 5) is 21.3. The molecule has 3 aromatic rings. The van der Waals surface area contributed by atoms with E-state index >= 15 is 0 Å². The van der Waals surface area contributed by atoms with Crippen LogP contribution in [0, 0.1) is 11.6 Å². The van der Waals surface area contributed by atoms with Gasteiger partial charge in [0.05, 0.1) is 16.8 Å². The molecule has 0 atom stereocenters. The Bertz CT molecular complexity index is 1120. The lowest BCUT2D eigenvalue weighted by molar-refractivity contribution is -0.137. The van der Waals surface area contributed by atoms with Crippen molar-refractivity contribution in [1.29, 1.82) is 0 Å². The highest BCUT2D eigenvalue weighted by atomic mass is 19.4. The van der Waals surface area contributed by atoms with Crippen LogP contribution in [0.1, 0.15) is 22.4 Å². The molecule has 2 aromatic carbocycles. The fourth-order valence-electron chi connectivity index (χ4n) is 3.48. The normalized spacial score (nSPS) is 14.6. The largest absolute Gasteiger partial charge is 0.416 e. The van der Waals surface area contributed by atoms with Crippen molar-refractivity contribution in [3.8, 4) is 11.4 Å². The van der Waals surface area contributed by atoms with E-state index in [0.29, 0.717) is 29.8 Å². The molecule has 0 aliphatic carbocycles. The Balaban J connectivity index is 1.58. The van der Waals surface area contributed by atoms with Crippen LogP contribution in [0.3, 0.4) is 0 Å². The minimum Gasteiger partial charge on any atom is -0.306 e. The molecule has 2 heterocycles. The molecule has 0 spiro atoms. The fraction of sp³-hybridized carbons (Fsp3) is 0.238. The topological polar surface area (TPSA) is 49.0 Å². The van der Waals surface area contributed by atoms with Gasteiger partial charge < -0.3 is 4.98 Å². The van der Waals surface area contributed by atoms with Crippen LogP contribution in [0.15, 0.2) is 47.3 Å². The summed E-state index contributed by atoms with van der Waals surface area (Å²) in [6, 6.07) is 8.02. The van der Waals surface area contributed by atoms with E-state index in [9.17, 15) is 26.7 Å². The molecule has 1 aromatic heterocycles.